The van der Waals surface area contributed by atoms with Gasteiger partial charge in [-0.15, -0.1) is 0 Å². The second-order valence-corrected chi connectivity index (χ2v) is 20.2. The second-order valence-electron chi connectivity index (χ2n) is 14.6. The van der Waals surface area contributed by atoms with Gasteiger partial charge in [0.1, 0.15) is 24.2 Å². The van der Waals surface area contributed by atoms with Crippen molar-refractivity contribution in [1.82, 2.24) is 26.1 Å². The molecule has 1 fully saturated rings. The SMILES string of the molecule is CC(C)[C@@H]1NC(=O)[C@](C)(COCC[Si](C)(C)C)C=Cc2ccc3ccc(nc3c2)[C@@H](C)OC(=O)[C@@H]2CCCN(N2)C(=O)[C@H](C)NC1=O. The monoisotopic (exact) mass is 665 g/mol. The molecule has 4 rings (SSSR count). The highest BCUT2D eigenvalue weighted by Gasteiger charge is 2.37. The molecular weight excluding hydrogens is 615 g/mol. The van der Waals surface area contributed by atoms with E-state index in [2.05, 4.69) is 35.7 Å². The maximum atomic E-state index is 14.0. The van der Waals surface area contributed by atoms with Gasteiger partial charge in [-0.25, -0.2) is 10.4 Å². The third kappa shape index (κ3) is 9.48. The van der Waals surface area contributed by atoms with Crippen LogP contribution in [0.4, 0.5) is 0 Å². The Hall–Kier alpha value is -3.61. The number of nitrogens with zero attached hydrogens (tertiary/aromatic N) is 2. The van der Waals surface area contributed by atoms with Crippen molar-refractivity contribution < 1.29 is 28.7 Å². The van der Waals surface area contributed by atoms with E-state index >= 15 is 0 Å². The number of fused-ring (bicyclic) bond motifs is 4. The van der Waals surface area contributed by atoms with Crippen LogP contribution in [0.1, 0.15) is 64.8 Å². The van der Waals surface area contributed by atoms with Crippen molar-refractivity contribution >= 4 is 48.7 Å². The number of ether oxygens (including phenoxy) is 2. The highest BCUT2D eigenvalue weighted by Crippen LogP contribution is 2.26. The average molecular weight is 666 g/mol. The van der Waals surface area contributed by atoms with E-state index in [1.807, 2.05) is 56.3 Å². The van der Waals surface area contributed by atoms with Gasteiger partial charge in [-0.2, -0.15) is 0 Å². The van der Waals surface area contributed by atoms with Crippen molar-refractivity contribution in [2.45, 2.75) is 97.4 Å². The van der Waals surface area contributed by atoms with E-state index in [0.29, 0.717) is 37.2 Å². The molecule has 2 aliphatic rings. The number of benzene rings is 1. The Balaban J connectivity index is 1.72. The van der Waals surface area contributed by atoms with E-state index in [4.69, 9.17) is 14.5 Å². The number of cyclic esters (lactones) is 1. The summed E-state index contributed by atoms with van der Waals surface area (Å²) in [6.45, 7) is 16.7. The van der Waals surface area contributed by atoms with Gasteiger partial charge in [0.2, 0.25) is 11.8 Å². The Morgan fingerprint density at radius 1 is 1.09 bits per heavy atom. The fourth-order valence-electron chi connectivity index (χ4n) is 5.48. The molecule has 2 aliphatic heterocycles. The van der Waals surface area contributed by atoms with Crippen molar-refractivity contribution in [1.29, 1.82) is 0 Å². The molecule has 0 aliphatic carbocycles. The van der Waals surface area contributed by atoms with Crippen LogP contribution < -0.4 is 16.1 Å². The standard InChI is InChI=1S/C35H51N5O6Si/c1-22(2)30-31(41)36-23(3)32(42)40-17-9-10-28(39-40)33(43)46-24(4)27-14-13-26-12-11-25(20-29(26)37-27)15-16-35(5,34(44)38-30)21-45-18-19-47(6,7)8/h11-16,20,22-24,28,30,39H,9-10,17-19,21H2,1-8H3,(H,36,41)(H,38,44)/t23-,24+,28-,30-,35-/m0/s1. The molecule has 1 aromatic carbocycles. The van der Waals surface area contributed by atoms with Crippen LogP contribution in [0.25, 0.3) is 17.0 Å². The lowest BCUT2D eigenvalue weighted by molar-refractivity contribution is -0.157. The average Bonchev–Trinajstić information content (AvgIpc) is 3.02. The van der Waals surface area contributed by atoms with E-state index in [9.17, 15) is 19.2 Å². The Bertz CT molecular complexity index is 1510. The van der Waals surface area contributed by atoms with E-state index in [1.165, 1.54) is 5.01 Å². The number of nitrogens with one attached hydrogen (secondary N) is 3. The van der Waals surface area contributed by atoms with Gasteiger partial charge in [-0.05, 0) is 63.3 Å². The van der Waals surface area contributed by atoms with Gasteiger partial charge in [0.25, 0.3) is 5.91 Å². The smallest absolute Gasteiger partial charge is 0.325 e. The fourth-order valence-corrected chi connectivity index (χ4v) is 6.24. The molecule has 11 nitrogen and oxygen atoms in total. The number of hydrogen-bond donors (Lipinski definition) is 3. The minimum absolute atomic E-state index is 0.127. The molecule has 0 unspecified atom stereocenters. The quantitative estimate of drug-likeness (QED) is 0.235. The summed E-state index contributed by atoms with van der Waals surface area (Å²) < 4.78 is 11.9. The van der Waals surface area contributed by atoms with Crippen molar-refractivity contribution in [2.75, 3.05) is 19.8 Å². The minimum Gasteiger partial charge on any atom is -0.455 e. The van der Waals surface area contributed by atoms with Crippen molar-refractivity contribution in [3.63, 3.8) is 0 Å². The number of hydrogen-bond acceptors (Lipinski definition) is 8. The summed E-state index contributed by atoms with van der Waals surface area (Å²) in [4.78, 5) is 58.9. The number of amides is 3. The molecule has 12 heteroatoms. The maximum absolute atomic E-state index is 14.0. The van der Waals surface area contributed by atoms with Crippen molar-refractivity contribution in [3.05, 3.63) is 47.7 Å². The summed E-state index contributed by atoms with van der Waals surface area (Å²) in [6, 6.07) is 8.03. The molecule has 0 radical (unpaired) electrons. The summed E-state index contributed by atoms with van der Waals surface area (Å²) in [5, 5.41) is 8.03. The van der Waals surface area contributed by atoms with Crippen LogP contribution in [0.15, 0.2) is 36.4 Å². The molecule has 47 heavy (non-hydrogen) atoms. The van der Waals surface area contributed by atoms with Gasteiger partial charge >= 0.3 is 5.97 Å². The number of hydrazine groups is 1. The van der Waals surface area contributed by atoms with Crippen molar-refractivity contribution in [2.24, 2.45) is 11.3 Å². The zero-order valence-corrected chi connectivity index (χ0v) is 30.0. The predicted molar refractivity (Wildman–Crippen MR) is 185 cm³/mol. The highest BCUT2D eigenvalue weighted by molar-refractivity contribution is 6.76. The van der Waals surface area contributed by atoms with E-state index < -0.39 is 55.5 Å². The third-order valence-corrected chi connectivity index (χ3v) is 10.4. The van der Waals surface area contributed by atoms with Crippen LogP contribution in [-0.2, 0) is 28.7 Å². The van der Waals surface area contributed by atoms with Gasteiger partial charge in [0.15, 0.2) is 0 Å². The first kappa shape index (κ1) is 36.2. The molecule has 0 spiro atoms. The summed E-state index contributed by atoms with van der Waals surface area (Å²) in [7, 11) is -1.36. The number of pyridine rings is 1. The Morgan fingerprint density at radius 3 is 2.51 bits per heavy atom. The van der Waals surface area contributed by atoms with Crippen LogP contribution in [0.3, 0.4) is 0 Å². The molecule has 2 aromatic rings. The minimum atomic E-state index is -1.36. The number of carbonyl (C=O) groups excluding carboxylic acids is 4. The number of rotatable bonds is 6. The van der Waals surface area contributed by atoms with Crippen LogP contribution in [0.5, 0.6) is 0 Å². The zero-order valence-electron chi connectivity index (χ0n) is 29.0. The highest BCUT2D eigenvalue weighted by atomic mass is 28.3. The van der Waals surface area contributed by atoms with Crippen molar-refractivity contribution in [3.8, 4) is 0 Å². The third-order valence-electron chi connectivity index (χ3n) is 8.71. The molecule has 1 aromatic heterocycles. The number of esters is 1. The molecule has 3 heterocycles. The lowest BCUT2D eigenvalue weighted by Gasteiger charge is -2.35. The molecule has 5 bridgehead atoms. The Morgan fingerprint density at radius 2 is 1.81 bits per heavy atom. The molecule has 256 valence electrons. The van der Waals surface area contributed by atoms with E-state index in [-0.39, 0.29) is 18.4 Å². The summed E-state index contributed by atoms with van der Waals surface area (Å²) in [5.74, 6) is -1.96. The first-order valence-corrected chi connectivity index (χ1v) is 20.3. The second kappa shape index (κ2) is 15.1. The molecule has 5 atom stereocenters. The number of carbonyl (C=O) groups is 4. The van der Waals surface area contributed by atoms with Crippen LogP contribution >= 0.6 is 0 Å². The van der Waals surface area contributed by atoms with E-state index in [1.54, 1.807) is 20.8 Å². The summed E-state index contributed by atoms with van der Waals surface area (Å²) in [6.07, 6.45) is 4.14. The first-order valence-electron chi connectivity index (χ1n) is 16.6. The topological polar surface area (TPSA) is 139 Å². The lowest BCUT2D eigenvalue weighted by Crippen LogP contribution is -2.61. The largest absolute Gasteiger partial charge is 0.455 e. The molecule has 1 saturated heterocycles. The first-order chi connectivity index (χ1) is 22.1. The van der Waals surface area contributed by atoms with Gasteiger partial charge < -0.3 is 20.1 Å². The Kier molecular flexibility index (Phi) is 11.6. The molecular formula is C35H51N5O6Si. The molecule has 3 N–H and O–H groups in total. The van der Waals surface area contributed by atoms with E-state index in [0.717, 1.165) is 17.0 Å². The normalized spacial score (nSPS) is 26.7. The lowest BCUT2D eigenvalue weighted by atomic mass is 9.88. The molecule has 0 saturated carbocycles. The van der Waals surface area contributed by atoms with Crippen LogP contribution in [0.2, 0.25) is 25.7 Å². The fraction of sp³-hybridized carbons (Fsp3) is 0.571. The van der Waals surface area contributed by atoms with Gasteiger partial charge in [0.05, 0.1) is 23.2 Å². The van der Waals surface area contributed by atoms with Crippen LogP contribution in [0, 0.1) is 11.3 Å². The Labute approximate surface area is 279 Å². The van der Waals surface area contributed by atoms with Gasteiger partial charge in [-0.1, -0.05) is 63.8 Å². The van der Waals surface area contributed by atoms with Crippen LogP contribution in [-0.4, -0.2) is 79.6 Å². The predicted octanol–water partition coefficient (Wildman–Crippen LogP) is 4.37. The number of aromatic nitrogens is 1. The van der Waals surface area contributed by atoms with Gasteiger partial charge in [-0.3, -0.25) is 24.2 Å². The maximum Gasteiger partial charge on any atom is 0.325 e. The zero-order chi connectivity index (χ0) is 34.5. The summed E-state index contributed by atoms with van der Waals surface area (Å²) >= 11 is 0. The van der Waals surface area contributed by atoms with Gasteiger partial charge in [0, 0.05) is 26.6 Å². The summed E-state index contributed by atoms with van der Waals surface area (Å²) in [5.41, 5.74) is 4.03. The molecule has 3 amide bonds.